The minimum atomic E-state index is -4.58. The highest BCUT2D eigenvalue weighted by atomic mass is 31.2. The SMILES string of the molecule is CC/C=C\C/C=C\C/C=C\C/C=C\C/C=C\CCCCCCCC(=O)NC(COP(=O)([O-])OCC[N+](C)(C)C)C(O)CCCCCCCCCCCCCCCCCCC. The van der Waals surface area contributed by atoms with Gasteiger partial charge in [-0.2, -0.15) is 0 Å². The number of unbranched alkanes of at least 4 members (excludes halogenated alkanes) is 21. The van der Waals surface area contributed by atoms with Crippen LogP contribution < -0.4 is 10.2 Å². The topological polar surface area (TPSA) is 108 Å². The van der Waals surface area contributed by atoms with Crippen LogP contribution in [0.3, 0.4) is 0 Å². The quantitative estimate of drug-likeness (QED) is 0.0273. The fraction of sp³-hybridized carbons (Fsp3) is 0.784. The first-order valence-electron chi connectivity index (χ1n) is 24.6. The van der Waals surface area contributed by atoms with E-state index in [1.807, 2.05) is 21.1 Å². The number of phosphoric acid groups is 1. The molecule has 0 aliphatic carbocycles. The average Bonchev–Trinajstić information content (AvgIpc) is 3.20. The van der Waals surface area contributed by atoms with Crippen molar-refractivity contribution in [1.82, 2.24) is 5.32 Å². The van der Waals surface area contributed by atoms with Crippen molar-refractivity contribution in [3.63, 3.8) is 0 Å². The molecule has 0 rings (SSSR count). The maximum atomic E-state index is 12.9. The molecule has 0 aromatic rings. The molecular weight excluding hydrogens is 768 g/mol. The molecule has 0 radical (unpaired) electrons. The smallest absolute Gasteiger partial charge is 0.268 e. The molecule has 350 valence electrons. The molecule has 60 heavy (non-hydrogen) atoms. The van der Waals surface area contributed by atoms with E-state index in [0.29, 0.717) is 23.9 Å². The molecule has 9 heteroatoms. The van der Waals surface area contributed by atoms with Gasteiger partial charge in [-0.05, 0) is 57.8 Å². The van der Waals surface area contributed by atoms with Crippen LogP contribution in [0.15, 0.2) is 60.8 Å². The van der Waals surface area contributed by atoms with Crippen LogP contribution in [0.5, 0.6) is 0 Å². The summed E-state index contributed by atoms with van der Waals surface area (Å²) >= 11 is 0. The van der Waals surface area contributed by atoms with E-state index in [9.17, 15) is 19.4 Å². The Kier molecular flexibility index (Phi) is 41.2. The molecule has 3 unspecified atom stereocenters. The van der Waals surface area contributed by atoms with Gasteiger partial charge in [0.05, 0.1) is 39.9 Å². The first-order chi connectivity index (χ1) is 29.0. The highest BCUT2D eigenvalue weighted by Crippen LogP contribution is 2.38. The summed E-state index contributed by atoms with van der Waals surface area (Å²) in [6.45, 7) is 4.59. The van der Waals surface area contributed by atoms with Gasteiger partial charge < -0.3 is 28.8 Å². The predicted molar refractivity (Wildman–Crippen MR) is 256 cm³/mol. The maximum Gasteiger partial charge on any atom is 0.268 e. The zero-order chi connectivity index (χ0) is 44.3. The van der Waals surface area contributed by atoms with Crippen LogP contribution in [-0.2, 0) is 18.4 Å². The van der Waals surface area contributed by atoms with Gasteiger partial charge in [-0.25, -0.2) is 0 Å². The Bertz CT molecular complexity index is 1160. The van der Waals surface area contributed by atoms with Crippen LogP contribution >= 0.6 is 7.82 Å². The van der Waals surface area contributed by atoms with E-state index in [0.717, 1.165) is 89.9 Å². The van der Waals surface area contributed by atoms with Gasteiger partial charge in [-0.15, -0.1) is 0 Å². The van der Waals surface area contributed by atoms with Crippen molar-refractivity contribution < 1.29 is 32.9 Å². The maximum absolute atomic E-state index is 12.9. The molecule has 0 saturated heterocycles. The molecule has 0 saturated carbocycles. The Hall–Kier alpha value is -1.80. The molecule has 0 aliphatic heterocycles. The molecule has 0 aromatic heterocycles. The third-order valence-electron chi connectivity index (χ3n) is 10.8. The summed E-state index contributed by atoms with van der Waals surface area (Å²) in [5.41, 5.74) is 0. The Balaban J connectivity index is 4.35. The van der Waals surface area contributed by atoms with Crippen LogP contribution in [-0.4, -0.2) is 68.5 Å². The van der Waals surface area contributed by atoms with Crippen molar-refractivity contribution in [2.75, 3.05) is 40.9 Å². The Morgan fingerprint density at radius 1 is 0.600 bits per heavy atom. The van der Waals surface area contributed by atoms with Gasteiger partial charge in [-0.3, -0.25) is 9.36 Å². The van der Waals surface area contributed by atoms with Crippen molar-refractivity contribution >= 4 is 13.7 Å². The van der Waals surface area contributed by atoms with Gasteiger partial charge in [0.25, 0.3) is 7.82 Å². The van der Waals surface area contributed by atoms with Gasteiger partial charge >= 0.3 is 0 Å². The Labute approximate surface area is 371 Å². The van der Waals surface area contributed by atoms with E-state index >= 15 is 0 Å². The van der Waals surface area contributed by atoms with Crippen LogP contribution in [0.1, 0.15) is 206 Å². The number of aliphatic hydroxyl groups excluding tert-OH is 1. The summed E-state index contributed by atoms with van der Waals surface area (Å²) in [5.74, 6) is -0.185. The second kappa shape index (κ2) is 42.5. The second-order valence-corrected chi connectivity index (χ2v) is 19.2. The summed E-state index contributed by atoms with van der Waals surface area (Å²) in [7, 11) is 1.28. The molecule has 0 bridgehead atoms. The van der Waals surface area contributed by atoms with Crippen LogP contribution in [0.25, 0.3) is 0 Å². The summed E-state index contributed by atoms with van der Waals surface area (Å²) in [4.78, 5) is 25.4. The predicted octanol–water partition coefficient (Wildman–Crippen LogP) is 13.6. The number of carbonyl (C=O) groups excluding carboxylic acids is 1. The lowest BCUT2D eigenvalue weighted by molar-refractivity contribution is -0.870. The zero-order valence-electron chi connectivity index (χ0n) is 39.6. The number of allylic oxidation sites excluding steroid dienone is 10. The zero-order valence-corrected chi connectivity index (χ0v) is 40.5. The molecule has 2 N–H and O–H groups in total. The lowest BCUT2D eigenvalue weighted by atomic mass is 10.0. The minimum Gasteiger partial charge on any atom is -0.756 e. The number of rotatable bonds is 44. The van der Waals surface area contributed by atoms with E-state index in [1.165, 1.54) is 89.9 Å². The molecule has 0 fully saturated rings. The van der Waals surface area contributed by atoms with E-state index in [4.69, 9.17) is 9.05 Å². The highest BCUT2D eigenvalue weighted by molar-refractivity contribution is 7.45. The second-order valence-electron chi connectivity index (χ2n) is 17.8. The van der Waals surface area contributed by atoms with Crippen LogP contribution in [0.2, 0.25) is 0 Å². The molecule has 0 aliphatic rings. The number of amides is 1. The average molecular weight is 863 g/mol. The number of aliphatic hydroxyl groups is 1. The van der Waals surface area contributed by atoms with Crippen LogP contribution in [0, 0.1) is 0 Å². The largest absolute Gasteiger partial charge is 0.756 e. The van der Waals surface area contributed by atoms with Crippen molar-refractivity contribution in [3.8, 4) is 0 Å². The molecular formula is C51H95N2O6P. The van der Waals surface area contributed by atoms with Gasteiger partial charge in [0.15, 0.2) is 0 Å². The summed E-state index contributed by atoms with van der Waals surface area (Å²) in [6.07, 6.45) is 55.1. The first kappa shape index (κ1) is 58.2. The first-order valence-corrected chi connectivity index (χ1v) is 26.1. The number of nitrogens with zero attached hydrogens (tertiary/aromatic N) is 1. The van der Waals surface area contributed by atoms with Crippen molar-refractivity contribution in [2.45, 2.75) is 219 Å². The molecule has 8 nitrogen and oxygen atoms in total. The molecule has 0 heterocycles. The Morgan fingerprint density at radius 2 is 1.02 bits per heavy atom. The number of likely N-dealkylation sites (N-methyl/N-ethyl adjacent to an activating group) is 1. The number of quaternary nitrogens is 1. The van der Waals surface area contributed by atoms with Gasteiger partial charge in [-0.1, -0.05) is 203 Å². The molecule has 3 atom stereocenters. The molecule has 0 spiro atoms. The molecule has 1 amide bonds. The third kappa shape index (κ3) is 44.3. The van der Waals surface area contributed by atoms with Crippen molar-refractivity contribution in [1.29, 1.82) is 0 Å². The summed E-state index contributed by atoms with van der Waals surface area (Å²) in [6, 6.07) is -0.814. The van der Waals surface area contributed by atoms with E-state index < -0.39 is 20.0 Å². The monoisotopic (exact) mass is 863 g/mol. The summed E-state index contributed by atoms with van der Waals surface area (Å²) in [5, 5.41) is 13.9. The lowest BCUT2D eigenvalue weighted by Crippen LogP contribution is -2.46. The standard InChI is InChI=1S/C51H95N2O6P/c1-6-8-10-12-14-16-18-20-22-24-25-26-27-29-31-33-35-37-39-41-43-45-51(55)52-49(48-59-60(56,57)58-47-46-53(3,4)5)50(54)44-42-40-38-36-34-32-30-28-23-21-19-17-15-13-11-9-7-2/h8,10,14,16,20,22,25-26,29,31,49-50,54H,6-7,9,11-13,15,17-19,21,23-24,27-28,30,32-48H2,1-5H3,(H-,52,55,56,57)/b10-8-,16-14-,22-20-,26-25-,31-29-. The normalized spacial score (nSPS) is 14.7. The number of hydrogen-bond donors (Lipinski definition) is 2. The molecule has 0 aromatic carbocycles. The number of carbonyl (C=O) groups is 1. The van der Waals surface area contributed by atoms with Gasteiger partial charge in [0, 0.05) is 6.42 Å². The van der Waals surface area contributed by atoms with Gasteiger partial charge in [0.1, 0.15) is 13.2 Å². The Morgan fingerprint density at radius 3 is 1.48 bits per heavy atom. The van der Waals surface area contributed by atoms with E-state index in [-0.39, 0.29) is 19.1 Å². The third-order valence-corrected chi connectivity index (χ3v) is 11.7. The highest BCUT2D eigenvalue weighted by Gasteiger charge is 2.24. The minimum absolute atomic E-state index is 0.00539. The van der Waals surface area contributed by atoms with E-state index in [2.05, 4.69) is 79.9 Å². The number of phosphoric ester groups is 1. The number of nitrogens with one attached hydrogen (secondary N) is 1. The lowest BCUT2D eigenvalue weighted by Gasteiger charge is -2.30. The van der Waals surface area contributed by atoms with Crippen LogP contribution in [0.4, 0.5) is 0 Å². The van der Waals surface area contributed by atoms with Crippen molar-refractivity contribution in [2.24, 2.45) is 0 Å². The van der Waals surface area contributed by atoms with E-state index in [1.54, 1.807) is 0 Å². The van der Waals surface area contributed by atoms with Crippen molar-refractivity contribution in [3.05, 3.63) is 60.8 Å². The number of hydrogen-bond acceptors (Lipinski definition) is 6. The summed E-state index contributed by atoms with van der Waals surface area (Å²) < 4.78 is 23.3. The fourth-order valence-corrected chi connectivity index (χ4v) is 7.61. The van der Waals surface area contributed by atoms with Gasteiger partial charge in [0.2, 0.25) is 5.91 Å². The fourth-order valence-electron chi connectivity index (χ4n) is 6.89.